The van der Waals surface area contributed by atoms with Crippen molar-refractivity contribution in [1.82, 2.24) is 9.38 Å². The molecule has 2 aromatic heterocycles. The van der Waals surface area contributed by atoms with E-state index < -0.39 is 0 Å². The number of thioether (sulfide) groups is 1. The van der Waals surface area contributed by atoms with E-state index in [-0.39, 0.29) is 17.2 Å². The van der Waals surface area contributed by atoms with E-state index in [0.29, 0.717) is 34.3 Å². The lowest BCUT2D eigenvalue weighted by Crippen LogP contribution is -2.17. The number of aryl methyl sites for hydroxylation is 1. The van der Waals surface area contributed by atoms with Gasteiger partial charge in [0.15, 0.2) is 0 Å². The maximum absolute atomic E-state index is 12.3. The summed E-state index contributed by atoms with van der Waals surface area (Å²) in [6.45, 7) is 1.91. The van der Waals surface area contributed by atoms with Crippen LogP contribution in [0.3, 0.4) is 0 Å². The van der Waals surface area contributed by atoms with Crippen molar-refractivity contribution in [2.45, 2.75) is 12.7 Å². The summed E-state index contributed by atoms with van der Waals surface area (Å²) in [4.78, 5) is 29.1. The fourth-order valence-corrected chi connectivity index (χ4v) is 3.45. The number of pyridine rings is 1. The third kappa shape index (κ3) is 4.45. The van der Waals surface area contributed by atoms with Gasteiger partial charge in [-0.05, 0) is 30.7 Å². The van der Waals surface area contributed by atoms with Gasteiger partial charge in [-0.15, -0.1) is 11.8 Å². The molecule has 1 aromatic carbocycles. The number of anilines is 1. The summed E-state index contributed by atoms with van der Waals surface area (Å²) in [5, 5.41) is 2.82. The molecule has 0 atom stereocenters. The van der Waals surface area contributed by atoms with Gasteiger partial charge in [-0.25, -0.2) is 4.98 Å². The molecule has 0 aliphatic heterocycles. The maximum atomic E-state index is 12.3. The Labute approximate surface area is 166 Å². The molecule has 7 nitrogen and oxygen atoms in total. The minimum absolute atomic E-state index is 0.130. The molecule has 0 saturated heterocycles. The van der Waals surface area contributed by atoms with E-state index in [2.05, 4.69) is 10.3 Å². The second-order valence-electron chi connectivity index (χ2n) is 6.08. The molecule has 146 valence electrons. The number of ether oxygens (including phenoxy) is 2. The molecule has 0 saturated carbocycles. The zero-order valence-corrected chi connectivity index (χ0v) is 16.7. The molecule has 0 unspecified atom stereocenters. The molecule has 3 aromatic rings. The van der Waals surface area contributed by atoms with Crippen molar-refractivity contribution in [2.24, 2.45) is 0 Å². The van der Waals surface area contributed by atoms with Crippen molar-refractivity contribution in [3.63, 3.8) is 0 Å². The van der Waals surface area contributed by atoms with Gasteiger partial charge in [-0.1, -0.05) is 6.07 Å². The number of carbonyl (C=O) groups is 1. The Morgan fingerprint density at radius 1 is 1.21 bits per heavy atom. The number of nitrogens with zero attached hydrogens (tertiary/aromatic N) is 2. The number of fused-ring (bicyclic) bond motifs is 1. The normalized spacial score (nSPS) is 10.7. The van der Waals surface area contributed by atoms with Gasteiger partial charge in [-0.3, -0.25) is 14.0 Å². The van der Waals surface area contributed by atoms with Crippen LogP contribution in [0.4, 0.5) is 5.69 Å². The van der Waals surface area contributed by atoms with Gasteiger partial charge >= 0.3 is 0 Å². The van der Waals surface area contributed by atoms with E-state index in [1.165, 1.54) is 29.3 Å². The Morgan fingerprint density at radius 2 is 2.04 bits per heavy atom. The second-order valence-corrected chi connectivity index (χ2v) is 7.06. The Morgan fingerprint density at radius 3 is 2.79 bits per heavy atom. The zero-order chi connectivity index (χ0) is 20.1. The van der Waals surface area contributed by atoms with E-state index in [1.807, 2.05) is 19.1 Å². The van der Waals surface area contributed by atoms with Gasteiger partial charge in [0.1, 0.15) is 17.1 Å². The number of aromatic nitrogens is 2. The molecule has 0 spiro atoms. The number of carbonyl (C=O) groups excluding carboxylic acids is 1. The first-order valence-electron chi connectivity index (χ1n) is 8.59. The third-order valence-corrected chi connectivity index (χ3v) is 5.07. The van der Waals surface area contributed by atoms with Crippen molar-refractivity contribution in [2.75, 3.05) is 25.3 Å². The summed E-state index contributed by atoms with van der Waals surface area (Å²) in [6, 6.07) is 10.4. The fraction of sp³-hybridized carbons (Fsp3) is 0.250. The van der Waals surface area contributed by atoms with Crippen LogP contribution < -0.4 is 20.3 Å². The van der Waals surface area contributed by atoms with Crippen molar-refractivity contribution in [3.05, 3.63) is 64.2 Å². The Bertz CT molecular complexity index is 1060. The van der Waals surface area contributed by atoms with Crippen LogP contribution in [0, 0.1) is 6.92 Å². The number of nitrogens with one attached hydrogen (secondary N) is 1. The minimum Gasteiger partial charge on any atom is -0.497 e. The maximum Gasteiger partial charge on any atom is 0.258 e. The van der Waals surface area contributed by atoms with E-state index >= 15 is 0 Å². The van der Waals surface area contributed by atoms with Crippen LogP contribution in [-0.4, -0.2) is 35.3 Å². The number of methoxy groups -OCH3 is 2. The minimum atomic E-state index is -0.176. The monoisotopic (exact) mass is 399 g/mol. The first-order valence-corrected chi connectivity index (χ1v) is 9.75. The summed E-state index contributed by atoms with van der Waals surface area (Å²) in [5.74, 6) is 1.68. The van der Waals surface area contributed by atoms with Crippen LogP contribution in [0.1, 0.15) is 11.3 Å². The number of hydrogen-bond donors (Lipinski definition) is 1. The average molecular weight is 399 g/mol. The topological polar surface area (TPSA) is 81.9 Å². The Hall–Kier alpha value is -3.00. The molecule has 28 heavy (non-hydrogen) atoms. The molecule has 0 radical (unpaired) electrons. The van der Waals surface area contributed by atoms with E-state index in [0.717, 1.165) is 5.56 Å². The average Bonchev–Trinajstić information content (AvgIpc) is 2.69. The zero-order valence-electron chi connectivity index (χ0n) is 15.9. The standard InChI is InChI=1S/C20H21N3O4S/c1-13-5-4-8-23-19(25)9-14(21-20(13)23)11-28-12-18(24)22-16-10-15(26-2)6-7-17(16)27-3/h4-10H,11-12H2,1-3H3,(H,22,24). The van der Waals surface area contributed by atoms with Gasteiger partial charge in [-0.2, -0.15) is 0 Å². The molecule has 1 N–H and O–H groups in total. The van der Waals surface area contributed by atoms with Gasteiger partial charge in [0.2, 0.25) is 5.91 Å². The number of benzene rings is 1. The summed E-state index contributed by atoms with van der Waals surface area (Å²) in [6.07, 6.45) is 1.70. The predicted molar refractivity (Wildman–Crippen MR) is 111 cm³/mol. The highest BCUT2D eigenvalue weighted by atomic mass is 32.2. The largest absolute Gasteiger partial charge is 0.497 e. The highest BCUT2D eigenvalue weighted by Gasteiger charge is 2.10. The highest BCUT2D eigenvalue weighted by molar-refractivity contribution is 7.99. The Kier molecular flexibility index (Phi) is 6.20. The predicted octanol–water partition coefficient (Wildman–Crippen LogP) is 2.89. The molecule has 0 fully saturated rings. The van der Waals surface area contributed by atoms with Crippen LogP contribution in [0.15, 0.2) is 47.4 Å². The molecular weight excluding hydrogens is 378 g/mol. The van der Waals surface area contributed by atoms with Crippen LogP contribution in [0.5, 0.6) is 11.5 Å². The van der Waals surface area contributed by atoms with Crippen molar-refractivity contribution in [1.29, 1.82) is 0 Å². The molecule has 1 amide bonds. The first-order chi connectivity index (χ1) is 13.5. The quantitative estimate of drug-likeness (QED) is 0.658. The van der Waals surface area contributed by atoms with Gasteiger partial charge in [0.05, 0.1) is 31.4 Å². The Balaban J connectivity index is 1.64. The van der Waals surface area contributed by atoms with Gasteiger partial charge in [0.25, 0.3) is 5.56 Å². The molecule has 0 bridgehead atoms. The smallest absolute Gasteiger partial charge is 0.258 e. The number of hydrogen-bond acceptors (Lipinski definition) is 6. The highest BCUT2D eigenvalue weighted by Crippen LogP contribution is 2.29. The molecule has 2 heterocycles. The summed E-state index contributed by atoms with van der Waals surface area (Å²) in [7, 11) is 3.10. The lowest BCUT2D eigenvalue weighted by atomic mass is 10.2. The molecule has 0 aliphatic rings. The molecular formula is C20H21N3O4S. The summed E-state index contributed by atoms with van der Waals surface area (Å²) in [5.41, 5.74) is 2.63. The van der Waals surface area contributed by atoms with Crippen LogP contribution >= 0.6 is 11.8 Å². The molecule has 0 aliphatic carbocycles. The van der Waals surface area contributed by atoms with E-state index in [4.69, 9.17) is 9.47 Å². The first kappa shape index (κ1) is 19.8. The van der Waals surface area contributed by atoms with E-state index in [9.17, 15) is 9.59 Å². The summed E-state index contributed by atoms with van der Waals surface area (Å²) >= 11 is 1.39. The lowest BCUT2D eigenvalue weighted by molar-refractivity contribution is -0.113. The SMILES string of the molecule is COc1ccc(OC)c(NC(=O)CSCc2cc(=O)n3cccc(C)c3n2)c1. The molecule has 3 rings (SSSR count). The van der Waals surface area contributed by atoms with Crippen molar-refractivity contribution in [3.8, 4) is 11.5 Å². The van der Waals surface area contributed by atoms with Crippen LogP contribution in [-0.2, 0) is 10.5 Å². The second kappa shape index (κ2) is 8.79. The van der Waals surface area contributed by atoms with Gasteiger partial charge in [0, 0.05) is 24.1 Å². The van der Waals surface area contributed by atoms with E-state index in [1.54, 1.807) is 31.5 Å². The molecule has 8 heteroatoms. The van der Waals surface area contributed by atoms with Crippen molar-refractivity contribution < 1.29 is 14.3 Å². The third-order valence-electron chi connectivity index (χ3n) is 4.10. The van der Waals surface area contributed by atoms with Gasteiger partial charge < -0.3 is 14.8 Å². The number of rotatable bonds is 7. The van der Waals surface area contributed by atoms with Crippen molar-refractivity contribution >= 4 is 29.0 Å². The van der Waals surface area contributed by atoms with Crippen LogP contribution in [0.25, 0.3) is 5.65 Å². The number of amides is 1. The lowest BCUT2D eigenvalue weighted by Gasteiger charge is -2.11. The summed E-state index contributed by atoms with van der Waals surface area (Å²) < 4.78 is 12.0. The fourth-order valence-electron chi connectivity index (χ4n) is 2.73. The van der Waals surface area contributed by atoms with Crippen LogP contribution in [0.2, 0.25) is 0 Å².